The smallest absolute Gasteiger partial charge is 0.307 e. The highest BCUT2D eigenvalue weighted by Crippen LogP contribution is 2.14. The van der Waals surface area contributed by atoms with E-state index in [1.807, 2.05) is 18.5 Å². The monoisotopic (exact) mass is 224 g/mol. The van der Waals surface area contributed by atoms with Crippen molar-refractivity contribution in [2.24, 2.45) is 0 Å². The molecule has 0 saturated heterocycles. The largest absolute Gasteiger partial charge is 0.481 e. The summed E-state index contributed by atoms with van der Waals surface area (Å²) in [6.45, 7) is 6.88. The molecule has 0 unspecified atom stereocenters. The zero-order valence-corrected chi connectivity index (χ0v) is 10.3. The molecule has 4 nitrogen and oxygen atoms in total. The second-order valence-electron chi connectivity index (χ2n) is 4.15. The minimum Gasteiger partial charge on any atom is -0.481 e. The standard InChI is InChI=1S/C12H20N2O2/c1-4-5-6-7-14-10(3)11(8-12(15)16)9(2)13-14/h4-8H2,1-3H3,(H,15,16). The second kappa shape index (κ2) is 5.68. The van der Waals surface area contributed by atoms with Gasteiger partial charge in [0.25, 0.3) is 0 Å². The van der Waals surface area contributed by atoms with Crippen LogP contribution < -0.4 is 0 Å². The minimum absolute atomic E-state index is 0.0748. The molecule has 1 heterocycles. The molecule has 0 radical (unpaired) electrons. The van der Waals surface area contributed by atoms with Gasteiger partial charge in [0.15, 0.2) is 0 Å². The Hall–Kier alpha value is -1.32. The zero-order valence-electron chi connectivity index (χ0n) is 10.3. The number of carboxylic acids is 1. The van der Waals surface area contributed by atoms with Crippen LogP contribution in [0.15, 0.2) is 0 Å². The van der Waals surface area contributed by atoms with Gasteiger partial charge in [-0.15, -0.1) is 0 Å². The van der Waals surface area contributed by atoms with Crippen LogP contribution in [0.3, 0.4) is 0 Å². The van der Waals surface area contributed by atoms with Crippen LogP contribution in [-0.2, 0) is 17.8 Å². The van der Waals surface area contributed by atoms with Crippen LogP contribution in [0.5, 0.6) is 0 Å². The molecule has 0 bridgehead atoms. The molecule has 0 amide bonds. The molecule has 4 heteroatoms. The normalized spacial score (nSPS) is 10.7. The number of hydrogen-bond donors (Lipinski definition) is 1. The maximum absolute atomic E-state index is 10.7. The van der Waals surface area contributed by atoms with Crippen molar-refractivity contribution in [3.8, 4) is 0 Å². The molecule has 0 aromatic carbocycles. The lowest BCUT2D eigenvalue weighted by Crippen LogP contribution is -2.05. The summed E-state index contributed by atoms with van der Waals surface area (Å²) in [6, 6.07) is 0. The van der Waals surface area contributed by atoms with Crippen molar-refractivity contribution in [3.63, 3.8) is 0 Å². The van der Waals surface area contributed by atoms with Crippen molar-refractivity contribution in [3.05, 3.63) is 17.0 Å². The van der Waals surface area contributed by atoms with E-state index in [1.54, 1.807) is 0 Å². The SMILES string of the molecule is CCCCCn1nc(C)c(CC(=O)O)c1C. The molecule has 1 N–H and O–H groups in total. The van der Waals surface area contributed by atoms with Crippen molar-refractivity contribution in [1.82, 2.24) is 9.78 Å². The van der Waals surface area contributed by atoms with Gasteiger partial charge in [-0.3, -0.25) is 9.48 Å². The van der Waals surface area contributed by atoms with Gasteiger partial charge < -0.3 is 5.11 Å². The number of hydrogen-bond acceptors (Lipinski definition) is 2. The Morgan fingerprint density at radius 2 is 2.06 bits per heavy atom. The molecular formula is C12H20N2O2. The summed E-state index contributed by atoms with van der Waals surface area (Å²) < 4.78 is 1.93. The number of rotatable bonds is 6. The molecule has 90 valence electrons. The maximum Gasteiger partial charge on any atom is 0.307 e. The van der Waals surface area contributed by atoms with Crippen LogP contribution in [0.25, 0.3) is 0 Å². The van der Waals surface area contributed by atoms with E-state index in [9.17, 15) is 4.79 Å². The van der Waals surface area contributed by atoms with E-state index in [1.165, 1.54) is 12.8 Å². The van der Waals surface area contributed by atoms with E-state index >= 15 is 0 Å². The van der Waals surface area contributed by atoms with Gasteiger partial charge in [0, 0.05) is 17.8 Å². The number of unbranched alkanes of at least 4 members (excludes halogenated alkanes) is 2. The summed E-state index contributed by atoms with van der Waals surface area (Å²) in [5, 5.41) is 13.2. The van der Waals surface area contributed by atoms with Crippen molar-refractivity contribution >= 4 is 5.97 Å². The Morgan fingerprint density at radius 3 is 2.62 bits per heavy atom. The second-order valence-corrected chi connectivity index (χ2v) is 4.15. The third kappa shape index (κ3) is 3.08. The molecule has 0 fully saturated rings. The Morgan fingerprint density at radius 1 is 1.38 bits per heavy atom. The Kier molecular flexibility index (Phi) is 4.52. The van der Waals surface area contributed by atoms with Gasteiger partial charge in [0.05, 0.1) is 12.1 Å². The number of nitrogens with zero attached hydrogens (tertiary/aromatic N) is 2. The highest BCUT2D eigenvalue weighted by Gasteiger charge is 2.13. The lowest BCUT2D eigenvalue weighted by molar-refractivity contribution is -0.136. The number of carbonyl (C=O) groups is 1. The van der Waals surface area contributed by atoms with Crippen molar-refractivity contribution in [2.45, 2.75) is 53.0 Å². The molecule has 0 aliphatic rings. The molecule has 0 saturated carbocycles. The highest BCUT2D eigenvalue weighted by molar-refractivity contribution is 5.70. The first kappa shape index (κ1) is 12.7. The number of carboxylic acid groups (broad SMARTS) is 1. The third-order valence-electron chi connectivity index (χ3n) is 2.83. The summed E-state index contributed by atoms with van der Waals surface area (Å²) in [5.74, 6) is -0.792. The van der Waals surface area contributed by atoms with Gasteiger partial charge in [0.1, 0.15) is 0 Å². The summed E-state index contributed by atoms with van der Waals surface area (Å²) in [6.07, 6.45) is 3.55. The molecule has 1 aromatic rings. The van der Waals surface area contributed by atoms with Crippen LogP contribution in [0, 0.1) is 13.8 Å². The Labute approximate surface area is 96.3 Å². The number of aromatic nitrogens is 2. The van der Waals surface area contributed by atoms with E-state index in [4.69, 9.17) is 5.11 Å². The average molecular weight is 224 g/mol. The highest BCUT2D eigenvalue weighted by atomic mass is 16.4. The fourth-order valence-corrected chi connectivity index (χ4v) is 1.87. The molecule has 16 heavy (non-hydrogen) atoms. The Bertz CT molecular complexity index is 369. The van der Waals surface area contributed by atoms with E-state index < -0.39 is 5.97 Å². The van der Waals surface area contributed by atoms with Gasteiger partial charge in [-0.05, 0) is 20.3 Å². The van der Waals surface area contributed by atoms with Crippen LogP contribution in [-0.4, -0.2) is 20.9 Å². The average Bonchev–Trinajstić information content (AvgIpc) is 2.46. The molecular weight excluding hydrogens is 204 g/mol. The van der Waals surface area contributed by atoms with E-state index in [0.29, 0.717) is 0 Å². The van der Waals surface area contributed by atoms with E-state index in [0.717, 1.165) is 29.9 Å². The molecule has 1 rings (SSSR count). The zero-order chi connectivity index (χ0) is 12.1. The molecule has 0 aliphatic heterocycles. The van der Waals surface area contributed by atoms with Gasteiger partial charge in [-0.2, -0.15) is 5.10 Å². The third-order valence-corrected chi connectivity index (χ3v) is 2.83. The number of aliphatic carboxylic acids is 1. The van der Waals surface area contributed by atoms with Gasteiger partial charge in [0.2, 0.25) is 0 Å². The quantitative estimate of drug-likeness (QED) is 0.754. The van der Waals surface area contributed by atoms with Crippen LogP contribution >= 0.6 is 0 Å². The van der Waals surface area contributed by atoms with Gasteiger partial charge >= 0.3 is 5.97 Å². The predicted molar refractivity (Wildman–Crippen MR) is 62.6 cm³/mol. The topological polar surface area (TPSA) is 55.1 Å². The first-order valence-corrected chi connectivity index (χ1v) is 5.81. The summed E-state index contributed by atoms with van der Waals surface area (Å²) in [7, 11) is 0. The summed E-state index contributed by atoms with van der Waals surface area (Å²) >= 11 is 0. The molecule has 1 aromatic heterocycles. The van der Waals surface area contributed by atoms with E-state index in [-0.39, 0.29) is 6.42 Å². The van der Waals surface area contributed by atoms with Crippen LogP contribution in [0.4, 0.5) is 0 Å². The summed E-state index contributed by atoms with van der Waals surface area (Å²) in [5.41, 5.74) is 2.71. The first-order chi connectivity index (χ1) is 7.56. The lowest BCUT2D eigenvalue weighted by Gasteiger charge is -2.03. The molecule has 0 aliphatic carbocycles. The van der Waals surface area contributed by atoms with E-state index in [2.05, 4.69) is 12.0 Å². The fraction of sp³-hybridized carbons (Fsp3) is 0.667. The number of aryl methyl sites for hydroxylation is 2. The fourth-order valence-electron chi connectivity index (χ4n) is 1.87. The van der Waals surface area contributed by atoms with Gasteiger partial charge in [-0.1, -0.05) is 19.8 Å². The Balaban J connectivity index is 2.76. The molecule has 0 spiro atoms. The van der Waals surface area contributed by atoms with Crippen molar-refractivity contribution in [2.75, 3.05) is 0 Å². The molecule has 0 atom stereocenters. The summed E-state index contributed by atoms with van der Waals surface area (Å²) in [4.78, 5) is 10.7. The van der Waals surface area contributed by atoms with Crippen molar-refractivity contribution in [1.29, 1.82) is 0 Å². The van der Waals surface area contributed by atoms with Crippen LogP contribution in [0.2, 0.25) is 0 Å². The van der Waals surface area contributed by atoms with Crippen LogP contribution in [0.1, 0.15) is 43.1 Å². The maximum atomic E-state index is 10.7. The minimum atomic E-state index is -0.792. The van der Waals surface area contributed by atoms with Crippen molar-refractivity contribution < 1.29 is 9.90 Å². The predicted octanol–water partition coefficient (Wildman–Crippen LogP) is 2.32. The van der Waals surface area contributed by atoms with Gasteiger partial charge in [-0.25, -0.2) is 0 Å². The lowest BCUT2D eigenvalue weighted by atomic mass is 10.1. The first-order valence-electron chi connectivity index (χ1n) is 5.81.